The molecule has 32 heavy (non-hydrogen) atoms. The summed E-state index contributed by atoms with van der Waals surface area (Å²) in [4.78, 5) is 31.5. The molecule has 0 bridgehead atoms. The maximum atomic E-state index is 12.7. The van der Waals surface area contributed by atoms with Gasteiger partial charge in [-0.25, -0.2) is 4.98 Å². The van der Waals surface area contributed by atoms with E-state index in [1.54, 1.807) is 0 Å². The van der Waals surface area contributed by atoms with Crippen LogP contribution in [0, 0.1) is 0 Å². The van der Waals surface area contributed by atoms with Gasteiger partial charge in [-0.05, 0) is 31.2 Å². The molecule has 2 N–H and O–H groups in total. The Kier molecular flexibility index (Phi) is 6.35. The first-order valence-electron chi connectivity index (χ1n) is 11.2. The van der Waals surface area contributed by atoms with E-state index in [4.69, 9.17) is 4.74 Å². The zero-order valence-electron chi connectivity index (χ0n) is 18.8. The number of rotatable bonds is 7. The summed E-state index contributed by atoms with van der Waals surface area (Å²) in [5, 5.41) is 14.3. The van der Waals surface area contributed by atoms with E-state index in [-0.39, 0.29) is 29.5 Å². The summed E-state index contributed by atoms with van der Waals surface area (Å²) < 4.78 is 6.66. The van der Waals surface area contributed by atoms with Gasteiger partial charge in [0.15, 0.2) is 0 Å². The van der Waals surface area contributed by atoms with Crippen molar-refractivity contribution >= 4 is 11.7 Å². The summed E-state index contributed by atoms with van der Waals surface area (Å²) in [5.74, 6) is 0.762. The number of ether oxygens (including phenoxy) is 1. The van der Waals surface area contributed by atoms with Crippen molar-refractivity contribution in [2.75, 3.05) is 31.6 Å². The van der Waals surface area contributed by atoms with Crippen molar-refractivity contribution in [1.29, 1.82) is 0 Å². The van der Waals surface area contributed by atoms with Crippen LogP contribution in [0.5, 0.6) is 0 Å². The van der Waals surface area contributed by atoms with Crippen molar-refractivity contribution < 1.29 is 14.6 Å². The number of hydrogen-bond acceptors (Lipinski definition) is 6. The first-order chi connectivity index (χ1) is 15.3. The molecule has 2 aromatic rings. The number of anilines is 1. The smallest absolute Gasteiger partial charge is 0.255 e. The molecule has 3 heterocycles. The summed E-state index contributed by atoms with van der Waals surface area (Å²) in [5.41, 5.74) is -0.287. The van der Waals surface area contributed by atoms with Crippen LogP contribution < -0.4 is 10.9 Å². The van der Waals surface area contributed by atoms with Gasteiger partial charge in [-0.1, -0.05) is 37.3 Å². The van der Waals surface area contributed by atoms with Crippen LogP contribution in [0.2, 0.25) is 0 Å². The lowest BCUT2D eigenvalue weighted by Crippen LogP contribution is -2.53. The molecule has 1 aromatic heterocycles. The van der Waals surface area contributed by atoms with E-state index in [1.165, 1.54) is 17.0 Å². The fraction of sp³-hybridized carbons (Fsp3) is 0.542. The van der Waals surface area contributed by atoms with E-state index in [1.807, 2.05) is 42.2 Å². The van der Waals surface area contributed by atoms with Crippen LogP contribution in [0.25, 0.3) is 0 Å². The molecule has 2 aliphatic heterocycles. The Bertz CT molecular complexity index is 995. The number of likely N-dealkylation sites (tertiary alicyclic amines) is 1. The molecule has 0 saturated carbocycles. The molecule has 0 radical (unpaired) electrons. The quantitative estimate of drug-likeness (QED) is 0.684. The number of aromatic nitrogens is 2. The first kappa shape index (κ1) is 22.5. The monoisotopic (exact) mass is 440 g/mol. The maximum absolute atomic E-state index is 12.7. The van der Waals surface area contributed by atoms with Gasteiger partial charge in [0, 0.05) is 25.6 Å². The second-order valence-electron chi connectivity index (χ2n) is 9.54. The summed E-state index contributed by atoms with van der Waals surface area (Å²) in [6.07, 6.45) is 2.79. The lowest BCUT2D eigenvalue weighted by Gasteiger charge is -2.39. The lowest BCUT2D eigenvalue weighted by atomic mass is 9.90. The number of nitrogens with one attached hydrogen (secondary N) is 1. The molecule has 0 unspecified atom stereocenters. The van der Waals surface area contributed by atoms with Gasteiger partial charge in [0.05, 0.1) is 37.2 Å². The third-order valence-corrected chi connectivity index (χ3v) is 6.51. The minimum atomic E-state index is -1.03. The maximum Gasteiger partial charge on any atom is 0.255 e. The van der Waals surface area contributed by atoms with E-state index in [0.29, 0.717) is 51.4 Å². The van der Waals surface area contributed by atoms with Gasteiger partial charge in [0.1, 0.15) is 5.82 Å². The molecule has 1 aromatic carbocycles. The van der Waals surface area contributed by atoms with Crippen LogP contribution in [-0.4, -0.2) is 62.9 Å². The third kappa shape index (κ3) is 5.19. The standard InChI is InChI=1S/C24H32N4O4/c1-18(19-6-4-3-5-7-19)12-21(29)27-10-8-24(31,9-11-27)14-28-17-25-20(13-22(28)30)26-23(2)15-32-16-23/h3-7,13,17-18,26,31H,8-12,14-16H2,1-2H3/t18-/m1/s1. The fourth-order valence-electron chi connectivity index (χ4n) is 4.34. The number of carbonyl (C=O) groups is 1. The molecule has 2 saturated heterocycles. The van der Waals surface area contributed by atoms with E-state index in [9.17, 15) is 14.7 Å². The van der Waals surface area contributed by atoms with Crippen LogP contribution in [0.4, 0.5) is 5.82 Å². The van der Waals surface area contributed by atoms with Crippen LogP contribution in [0.1, 0.15) is 44.6 Å². The SMILES string of the molecule is C[C@H](CC(=O)N1CCC(O)(Cn2cnc(NC3(C)COC3)cc2=O)CC1)c1ccccc1. The molecule has 2 aliphatic rings. The summed E-state index contributed by atoms with van der Waals surface area (Å²) >= 11 is 0. The molecule has 0 aliphatic carbocycles. The topological polar surface area (TPSA) is 96.7 Å². The number of carbonyl (C=O) groups excluding carboxylic acids is 1. The van der Waals surface area contributed by atoms with Gasteiger partial charge in [-0.15, -0.1) is 0 Å². The molecule has 2 fully saturated rings. The number of hydrogen-bond donors (Lipinski definition) is 2. The number of nitrogens with zero attached hydrogens (tertiary/aromatic N) is 3. The van der Waals surface area contributed by atoms with E-state index in [0.717, 1.165) is 5.56 Å². The van der Waals surface area contributed by atoms with Crippen molar-refractivity contribution in [3.63, 3.8) is 0 Å². The highest BCUT2D eigenvalue weighted by molar-refractivity contribution is 5.77. The van der Waals surface area contributed by atoms with Crippen molar-refractivity contribution in [1.82, 2.24) is 14.5 Å². The summed E-state index contributed by atoms with van der Waals surface area (Å²) in [7, 11) is 0. The molecular weight excluding hydrogens is 408 g/mol. The van der Waals surface area contributed by atoms with E-state index in [2.05, 4.69) is 17.2 Å². The van der Waals surface area contributed by atoms with Crippen molar-refractivity contribution in [2.45, 2.75) is 56.7 Å². The van der Waals surface area contributed by atoms with E-state index < -0.39 is 5.60 Å². The molecule has 172 valence electrons. The van der Waals surface area contributed by atoms with Crippen LogP contribution in [0.3, 0.4) is 0 Å². The molecule has 1 atom stereocenters. The highest BCUT2D eigenvalue weighted by atomic mass is 16.5. The minimum absolute atomic E-state index is 0.103. The molecule has 0 spiro atoms. The zero-order valence-corrected chi connectivity index (χ0v) is 18.8. The zero-order chi connectivity index (χ0) is 22.8. The Balaban J connectivity index is 1.31. The predicted octanol–water partition coefficient (Wildman–Crippen LogP) is 1.99. The van der Waals surface area contributed by atoms with Gasteiger partial charge in [0.25, 0.3) is 5.56 Å². The second-order valence-corrected chi connectivity index (χ2v) is 9.54. The number of amides is 1. The minimum Gasteiger partial charge on any atom is -0.388 e. The molecule has 8 nitrogen and oxygen atoms in total. The Morgan fingerprint density at radius 3 is 2.53 bits per heavy atom. The highest BCUT2D eigenvalue weighted by Crippen LogP contribution is 2.26. The van der Waals surface area contributed by atoms with Crippen molar-refractivity contribution in [3.8, 4) is 0 Å². The molecule has 1 amide bonds. The predicted molar refractivity (Wildman–Crippen MR) is 122 cm³/mol. The van der Waals surface area contributed by atoms with Crippen LogP contribution in [-0.2, 0) is 16.1 Å². The molecule has 4 rings (SSSR count). The van der Waals surface area contributed by atoms with Gasteiger partial charge >= 0.3 is 0 Å². The molecule has 8 heteroatoms. The Labute approximate surface area is 188 Å². The lowest BCUT2D eigenvalue weighted by molar-refractivity contribution is -0.136. The van der Waals surface area contributed by atoms with Crippen molar-refractivity contribution in [3.05, 3.63) is 58.6 Å². The normalized spacial score (nSPS) is 20.3. The second kappa shape index (κ2) is 9.03. The summed E-state index contributed by atoms with van der Waals surface area (Å²) in [6.45, 7) is 6.37. The fourth-order valence-corrected chi connectivity index (χ4v) is 4.34. The van der Waals surface area contributed by atoms with E-state index >= 15 is 0 Å². The van der Waals surface area contributed by atoms with Gasteiger partial charge in [0.2, 0.25) is 5.91 Å². The average molecular weight is 441 g/mol. The number of aliphatic hydroxyl groups is 1. The first-order valence-corrected chi connectivity index (χ1v) is 11.2. The van der Waals surface area contributed by atoms with Gasteiger partial charge in [-0.3, -0.25) is 14.2 Å². The number of piperidine rings is 1. The Morgan fingerprint density at radius 2 is 1.94 bits per heavy atom. The highest BCUT2D eigenvalue weighted by Gasteiger charge is 2.36. The van der Waals surface area contributed by atoms with Gasteiger partial charge < -0.3 is 20.1 Å². The van der Waals surface area contributed by atoms with Gasteiger partial charge in [-0.2, -0.15) is 0 Å². The summed E-state index contributed by atoms with van der Waals surface area (Å²) in [6, 6.07) is 11.5. The third-order valence-electron chi connectivity index (χ3n) is 6.51. The number of benzene rings is 1. The Morgan fingerprint density at radius 1 is 1.25 bits per heavy atom. The largest absolute Gasteiger partial charge is 0.388 e. The average Bonchev–Trinajstić information content (AvgIpc) is 2.75. The van der Waals surface area contributed by atoms with Crippen LogP contribution in [0.15, 0.2) is 47.5 Å². The van der Waals surface area contributed by atoms with Crippen LogP contribution >= 0.6 is 0 Å². The van der Waals surface area contributed by atoms with Crippen molar-refractivity contribution in [2.24, 2.45) is 0 Å². The Hall–Kier alpha value is -2.71. The molecular formula is C24H32N4O4.